The minimum absolute atomic E-state index is 0.0769. The number of aromatic amines is 1. The predicted octanol–water partition coefficient (Wildman–Crippen LogP) is 2.64. The lowest BCUT2D eigenvalue weighted by atomic mass is 10.1. The minimum atomic E-state index is -3.87. The molecule has 0 atom stereocenters. The molecule has 1 aromatic heterocycles. The highest BCUT2D eigenvalue weighted by atomic mass is 79.9. The number of halogens is 1. The Bertz CT molecular complexity index is 1260. The summed E-state index contributed by atoms with van der Waals surface area (Å²) in [6.45, 7) is 0.666. The Morgan fingerprint density at radius 3 is 2.42 bits per heavy atom. The summed E-state index contributed by atoms with van der Waals surface area (Å²) in [7, 11) is -3.87. The van der Waals surface area contributed by atoms with E-state index in [0.29, 0.717) is 41.2 Å². The zero-order valence-corrected chi connectivity index (χ0v) is 18.9. The molecule has 0 radical (unpaired) electrons. The van der Waals surface area contributed by atoms with E-state index in [1.165, 1.54) is 16.4 Å². The highest BCUT2D eigenvalue weighted by molar-refractivity contribution is 9.10. The Morgan fingerprint density at radius 1 is 1.06 bits per heavy atom. The summed E-state index contributed by atoms with van der Waals surface area (Å²) in [6, 6.07) is 11.4. The van der Waals surface area contributed by atoms with Crippen LogP contribution in [0, 0.1) is 0 Å². The number of sulfonamides is 1. The fourth-order valence-electron chi connectivity index (χ4n) is 3.38. The Balaban J connectivity index is 1.71. The standard InChI is InChI=1S/C21H21BrN2O6S/c22-16-2-4-17(5-3-16)31(27,28)24(6-1-7-25)13-15-10-14-11-19-20(30-9-8-29-19)12-18(14)23-21(15)26/h2-5,10-12,25H,1,6-9,13H2,(H,23,26). The fraction of sp³-hybridized carbons (Fsp3) is 0.286. The maximum atomic E-state index is 13.2. The van der Waals surface area contributed by atoms with Crippen LogP contribution in [0.2, 0.25) is 0 Å². The molecule has 2 N–H and O–H groups in total. The lowest BCUT2D eigenvalue weighted by Gasteiger charge is -2.22. The fourth-order valence-corrected chi connectivity index (χ4v) is 5.10. The number of nitrogens with one attached hydrogen (secondary N) is 1. The van der Waals surface area contributed by atoms with Gasteiger partial charge in [0.15, 0.2) is 11.5 Å². The van der Waals surface area contributed by atoms with E-state index < -0.39 is 10.0 Å². The number of aliphatic hydroxyl groups excluding tert-OH is 1. The Hall–Kier alpha value is -2.40. The van der Waals surface area contributed by atoms with Crippen LogP contribution < -0.4 is 15.0 Å². The quantitative estimate of drug-likeness (QED) is 0.507. The molecule has 8 nitrogen and oxygen atoms in total. The third kappa shape index (κ3) is 4.62. The molecule has 0 saturated heterocycles. The van der Waals surface area contributed by atoms with Crippen molar-refractivity contribution in [2.24, 2.45) is 0 Å². The van der Waals surface area contributed by atoms with Crippen LogP contribution in [0.1, 0.15) is 12.0 Å². The highest BCUT2D eigenvalue weighted by Gasteiger charge is 2.25. The molecule has 10 heteroatoms. The number of benzene rings is 2. The molecule has 0 saturated carbocycles. The van der Waals surface area contributed by atoms with Crippen molar-refractivity contribution in [1.82, 2.24) is 9.29 Å². The van der Waals surface area contributed by atoms with Crippen LogP contribution in [0.4, 0.5) is 0 Å². The molecule has 0 fully saturated rings. The first-order valence-electron chi connectivity index (χ1n) is 9.70. The average Bonchev–Trinajstić information content (AvgIpc) is 2.75. The van der Waals surface area contributed by atoms with Crippen molar-refractivity contribution in [2.45, 2.75) is 17.9 Å². The van der Waals surface area contributed by atoms with Gasteiger partial charge < -0.3 is 19.6 Å². The molecule has 164 valence electrons. The Labute approximate surface area is 187 Å². The van der Waals surface area contributed by atoms with Gasteiger partial charge in [-0.25, -0.2) is 8.42 Å². The molecular weight excluding hydrogens is 488 g/mol. The molecule has 2 heterocycles. The van der Waals surface area contributed by atoms with Gasteiger partial charge in [0.05, 0.1) is 10.4 Å². The zero-order valence-electron chi connectivity index (χ0n) is 16.5. The molecule has 0 spiro atoms. The predicted molar refractivity (Wildman–Crippen MR) is 119 cm³/mol. The monoisotopic (exact) mass is 508 g/mol. The van der Waals surface area contributed by atoms with Gasteiger partial charge in [-0.15, -0.1) is 0 Å². The van der Waals surface area contributed by atoms with Gasteiger partial charge in [0.1, 0.15) is 13.2 Å². The number of rotatable bonds is 7. The number of H-pyrrole nitrogens is 1. The summed E-state index contributed by atoms with van der Waals surface area (Å²) in [6.07, 6.45) is 0.250. The number of pyridine rings is 1. The van der Waals surface area contributed by atoms with Gasteiger partial charge in [-0.2, -0.15) is 4.31 Å². The topological polar surface area (TPSA) is 109 Å². The SMILES string of the molecule is O=c1[nH]c2cc3c(cc2cc1CN(CCCO)S(=O)(=O)c1ccc(Br)cc1)OCCO3. The summed E-state index contributed by atoms with van der Waals surface area (Å²) < 4.78 is 39.5. The van der Waals surface area contributed by atoms with Gasteiger partial charge in [-0.1, -0.05) is 15.9 Å². The number of nitrogens with zero attached hydrogens (tertiary/aromatic N) is 1. The second-order valence-corrected chi connectivity index (χ2v) is 9.93. The van der Waals surface area contributed by atoms with Crippen LogP contribution in [-0.4, -0.2) is 49.2 Å². The average molecular weight is 509 g/mol. The lowest BCUT2D eigenvalue weighted by Crippen LogP contribution is -2.34. The minimum Gasteiger partial charge on any atom is -0.486 e. The van der Waals surface area contributed by atoms with Gasteiger partial charge in [0, 0.05) is 41.2 Å². The molecule has 0 aliphatic carbocycles. The van der Waals surface area contributed by atoms with E-state index in [2.05, 4.69) is 20.9 Å². The highest BCUT2D eigenvalue weighted by Crippen LogP contribution is 2.33. The lowest BCUT2D eigenvalue weighted by molar-refractivity contribution is 0.172. The summed E-state index contributed by atoms with van der Waals surface area (Å²) in [5.41, 5.74) is 0.489. The van der Waals surface area contributed by atoms with Gasteiger partial charge in [-0.05, 0) is 42.8 Å². The van der Waals surface area contributed by atoms with E-state index in [9.17, 15) is 18.3 Å². The first-order chi connectivity index (χ1) is 14.9. The summed E-state index contributed by atoms with van der Waals surface area (Å²) in [5.74, 6) is 1.14. The number of hydrogen-bond donors (Lipinski definition) is 2. The van der Waals surface area contributed by atoms with E-state index in [1.807, 2.05) is 0 Å². The van der Waals surface area contributed by atoms with Crippen LogP contribution >= 0.6 is 15.9 Å². The molecule has 2 aromatic carbocycles. The maximum Gasteiger partial charge on any atom is 0.252 e. The van der Waals surface area contributed by atoms with E-state index >= 15 is 0 Å². The second kappa shape index (κ2) is 8.99. The smallest absolute Gasteiger partial charge is 0.252 e. The zero-order chi connectivity index (χ0) is 22.0. The summed E-state index contributed by atoms with van der Waals surface area (Å²) >= 11 is 3.30. The number of hydrogen-bond acceptors (Lipinski definition) is 6. The van der Waals surface area contributed by atoms with Crippen LogP contribution in [0.15, 0.2) is 56.6 Å². The molecule has 1 aliphatic heterocycles. The molecular formula is C21H21BrN2O6S. The van der Waals surface area contributed by atoms with Gasteiger partial charge in [0.2, 0.25) is 10.0 Å². The number of ether oxygens (including phenoxy) is 2. The van der Waals surface area contributed by atoms with Crippen LogP contribution in [0.25, 0.3) is 10.9 Å². The third-order valence-electron chi connectivity index (χ3n) is 4.95. The second-order valence-electron chi connectivity index (χ2n) is 7.08. The van der Waals surface area contributed by atoms with Gasteiger partial charge >= 0.3 is 0 Å². The van der Waals surface area contributed by atoms with Crippen LogP contribution in [0.5, 0.6) is 11.5 Å². The van der Waals surface area contributed by atoms with Crippen molar-refractivity contribution in [3.8, 4) is 11.5 Å². The Kier molecular flexibility index (Phi) is 6.33. The number of aromatic nitrogens is 1. The summed E-state index contributed by atoms with van der Waals surface area (Å²) in [5, 5.41) is 9.95. The van der Waals surface area contributed by atoms with Crippen molar-refractivity contribution in [1.29, 1.82) is 0 Å². The normalized spacial score (nSPS) is 13.6. The molecule has 0 amide bonds. The number of fused-ring (bicyclic) bond motifs is 2. The molecule has 3 aromatic rings. The maximum absolute atomic E-state index is 13.2. The van der Waals surface area contributed by atoms with Crippen molar-refractivity contribution < 1.29 is 23.0 Å². The molecule has 1 aliphatic rings. The number of aliphatic hydroxyl groups is 1. The van der Waals surface area contributed by atoms with Crippen LogP contribution in [0.3, 0.4) is 0 Å². The molecule has 0 bridgehead atoms. The van der Waals surface area contributed by atoms with Crippen molar-refractivity contribution >= 4 is 36.9 Å². The molecule has 4 rings (SSSR count). The first-order valence-corrected chi connectivity index (χ1v) is 11.9. The Morgan fingerprint density at radius 2 is 1.74 bits per heavy atom. The van der Waals surface area contributed by atoms with E-state index in [-0.39, 0.29) is 36.6 Å². The van der Waals surface area contributed by atoms with Crippen molar-refractivity contribution in [2.75, 3.05) is 26.4 Å². The third-order valence-corrected chi connectivity index (χ3v) is 7.34. The van der Waals surface area contributed by atoms with E-state index in [1.54, 1.807) is 30.3 Å². The molecule has 0 unspecified atom stereocenters. The van der Waals surface area contributed by atoms with E-state index in [4.69, 9.17) is 9.47 Å². The van der Waals surface area contributed by atoms with Crippen molar-refractivity contribution in [3.05, 3.63) is 62.9 Å². The first kappa shape index (κ1) is 21.8. The molecule has 31 heavy (non-hydrogen) atoms. The van der Waals surface area contributed by atoms with Crippen LogP contribution in [-0.2, 0) is 16.6 Å². The van der Waals surface area contributed by atoms with Gasteiger partial charge in [-0.3, -0.25) is 4.79 Å². The van der Waals surface area contributed by atoms with E-state index in [0.717, 1.165) is 4.47 Å². The summed E-state index contributed by atoms with van der Waals surface area (Å²) in [4.78, 5) is 15.6. The van der Waals surface area contributed by atoms with Crippen molar-refractivity contribution in [3.63, 3.8) is 0 Å². The largest absolute Gasteiger partial charge is 0.486 e. The van der Waals surface area contributed by atoms with Gasteiger partial charge in [0.25, 0.3) is 5.56 Å².